The van der Waals surface area contributed by atoms with Crippen molar-refractivity contribution in [1.29, 1.82) is 0 Å². The fourth-order valence-corrected chi connectivity index (χ4v) is 1.83. The van der Waals surface area contributed by atoms with Crippen LogP contribution in [0.4, 0.5) is 0 Å². The molecule has 0 aromatic rings. The topological polar surface area (TPSA) is 76.8 Å². The molecule has 17 heavy (non-hydrogen) atoms. The number of hydrogen-bond donors (Lipinski definition) is 2. The highest BCUT2D eigenvalue weighted by molar-refractivity contribution is 5.81. The van der Waals surface area contributed by atoms with E-state index in [1.807, 2.05) is 6.92 Å². The van der Waals surface area contributed by atoms with E-state index < -0.39 is 0 Å². The van der Waals surface area contributed by atoms with Gasteiger partial charge in [-0.3, -0.25) is 9.69 Å². The number of nitrogens with two attached hydrogens (primary N) is 1. The molecule has 1 aliphatic rings. The zero-order chi connectivity index (χ0) is 12.7. The predicted molar refractivity (Wildman–Crippen MR) is 64.7 cm³/mol. The molecule has 1 heterocycles. The minimum atomic E-state index is -0.148. The highest BCUT2D eigenvalue weighted by atomic mass is 16.5. The molecule has 0 radical (unpaired) electrons. The molecule has 6 heteroatoms. The van der Waals surface area contributed by atoms with Gasteiger partial charge >= 0.3 is 0 Å². The Morgan fingerprint density at radius 2 is 2.47 bits per heavy atom. The van der Waals surface area contributed by atoms with Crippen LogP contribution in [0.5, 0.6) is 0 Å². The molecule has 100 valence electrons. The van der Waals surface area contributed by atoms with Crippen LogP contribution in [0.2, 0.25) is 0 Å². The molecule has 1 rings (SSSR count). The van der Waals surface area contributed by atoms with Crippen LogP contribution in [0.15, 0.2) is 0 Å². The van der Waals surface area contributed by atoms with Crippen LogP contribution in [0.1, 0.15) is 6.92 Å². The molecule has 0 bridgehead atoms. The number of carbonyl (C=O) groups excluding carboxylic acids is 1. The van der Waals surface area contributed by atoms with Gasteiger partial charge in [0, 0.05) is 33.3 Å². The molecule has 1 saturated heterocycles. The second kappa shape index (κ2) is 7.60. The highest BCUT2D eigenvalue weighted by Crippen LogP contribution is 2.08. The van der Waals surface area contributed by atoms with Crippen LogP contribution in [0, 0.1) is 0 Å². The van der Waals surface area contributed by atoms with Crippen molar-refractivity contribution in [2.45, 2.75) is 19.1 Å². The van der Waals surface area contributed by atoms with Crippen molar-refractivity contribution in [3.8, 4) is 0 Å². The van der Waals surface area contributed by atoms with Crippen LogP contribution in [0.25, 0.3) is 0 Å². The van der Waals surface area contributed by atoms with Crippen molar-refractivity contribution >= 4 is 5.91 Å². The zero-order valence-electron chi connectivity index (χ0n) is 10.6. The molecule has 0 saturated carbocycles. The lowest BCUT2D eigenvalue weighted by Gasteiger charge is -2.35. The maximum Gasteiger partial charge on any atom is 0.237 e. The first-order chi connectivity index (χ1) is 8.19. The van der Waals surface area contributed by atoms with Crippen LogP contribution < -0.4 is 11.1 Å². The van der Waals surface area contributed by atoms with Gasteiger partial charge in [0.05, 0.1) is 25.4 Å². The van der Waals surface area contributed by atoms with Crippen LogP contribution in [0.3, 0.4) is 0 Å². The van der Waals surface area contributed by atoms with Crippen LogP contribution in [-0.2, 0) is 14.3 Å². The number of hydrogen-bond acceptors (Lipinski definition) is 5. The standard InChI is InChI=1S/C11H23N3O3/c1-9(11(15)13-3-5-16-2)14-4-6-17-10(7-12)8-14/h9-10H,3-8,12H2,1-2H3,(H,13,15). The summed E-state index contributed by atoms with van der Waals surface area (Å²) in [6.45, 7) is 5.61. The SMILES string of the molecule is COCCNC(=O)C(C)N1CCOC(CN)C1. The monoisotopic (exact) mass is 245 g/mol. The molecule has 2 unspecified atom stereocenters. The molecular formula is C11H23N3O3. The van der Waals surface area contributed by atoms with E-state index in [4.69, 9.17) is 15.2 Å². The number of methoxy groups -OCH3 is 1. The summed E-state index contributed by atoms with van der Waals surface area (Å²) in [6.07, 6.45) is 0.0398. The maximum absolute atomic E-state index is 11.8. The first kappa shape index (κ1) is 14.4. The van der Waals surface area contributed by atoms with Gasteiger partial charge in [0.1, 0.15) is 0 Å². The van der Waals surface area contributed by atoms with E-state index in [-0.39, 0.29) is 18.1 Å². The van der Waals surface area contributed by atoms with E-state index in [0.717, 1.165) is 13.1 Å². The molecule has 0 aromatic heterocycles. The van der Waals surface area contributed by atoms with Crippen molar-refractivity contribution in [2.24, 2.45) is 5.73 Å². The van der Waals surface area contributed by atoms with Crippen LogP contribution >= 0.6 is 0 Å². The second-order valence-corrected chi connectivity index (χ2v) is 4.18. The van der Waals surface area contributed by atoms with Gasteiger partial charge in [-0.1, -0.05) is 0 Å². The minimum absolute atomic E-state index is 0.0275. The molecule has 1 amide bonds. The highest BCUT2D eigenvalue weighted by Gasteiger charge is 2.26. The Morgan fingerprint density at radius 3 is 3.12 bits per heavy atom. The Kier molecular flexibility index (Phi) is 6.43. The van der Waals surface area contributed by atoms with Gasteiger partial charge in [0.2, 0.25) is 5.91 Å². The number of amides is 1. The van der Waals surface area contributed by atoms with E-state index in [2.05, 4.69) is 10.2 Å². The second-order valence-electron chi connectivity index (χ2n) is 4.18. The molecule has 3 N–H and O–H groups in total. The summed E-state index contributed by atoms with van der Waals surface area (Å²) >= 11 is 0. The third-order valence-corrected chi connectivity index (χ3v) is 2.97. The summed E-state index contributed by atoms with van der Waals surface area (Å²) in [7, 11) is 1.61. The van der Waals surface area contributed by atoms with Crippen molar-refractivity contribution in [2.75, 3.05) is 46.5 Å². The number of ether oxygens (including phenoxy) is 2. The Balaban J connectivity index is 2.34. The quantitative estimate of drug-likeness (QED) is 0.575. The normalized spacial score (nSPS) is 23.4. The van der Waals surface area contributed by atoms with Gasteiger partial charge < -0.3 is 20.5 Å². The Labute approximate surface area is 102 Å². The summed E-state index contributed by atoms with van der Waals surface area (Å²) in [5.74, 6) is 0.0275. The van der Waals surface area contributed by atoms with E-state index in [1.165, 1.54) is 0 Å². The van der Waals surface area contributed by atoms with Gasteiger partial charge in [0.25, 0.3) is 0 Å². The molecular weight excluding hydrogens is 222 g/mol. The molecule has 0 aliphatic carbocycles. The lowest BCUT2D eigenvalue weighted by molar-refractivity contribution is -0.129. The summed E-state index contributed by atoms with van der Waals surface area (Å²) in [5, 5.41) is 2.84. The molecule has 1 fully saturated rings. The first-order valence-corrected chi connectivity index (χ1v) is 6.01. The van der Waals surface area contributed by atoms with Gasteiger partial charge in [-0.15, -0.1) is 0 Å². The molecule has 2 atom stereocenters. The Hall–Kier alpha value is -0.690. The predicted octanol–water partition coefficient (Wildman–Crippen LogP) is -1.20. The van der Waals surface area contributed by atoms with Gasteiger partial charge in [-0.2, -0.15) is 0 Å². The number of nitrogens with one attached hydrogen (secondary N) is 1. The summed E-state index contributed by atoms with van der Waals surface area (Å²) < 4.78 is 10.4. The zero-order valence-corrected chi connectivity index (χ0v) is 10.6. The number of morpholine rings is 1. The molecule has 0 aromatic carbocycles. The van der Waals surface area contributed by atoms with Crippen molar-refractivity contribution in [3.05, 3.63) is 0 Å². The van der Waals surface area contributed by atoms with Crippen molar-refractivity contribution < 1.29 is 14.3 Å². The fourth-order valence-electron chi connectivity index (χ4n) is 1.83. The van der Waals surface area contributed by atoms with Crippen molar-refractivity contribution in [1.82, 2.24) is 10.2 Å². The number of nitrogens with zero attached hydrogens (tertiary/aromatic N) is 1. The third-order valence-electron chi connectivity index (χ3n) is 2.97. The minimum Gasteiger partial charge on any atom is -0.383 e. The van der Waals surface area contributed by atoms with E-state index in [9.17, 15) is 4.79 Å². The summed E-state index contributed by atoms with van der Waals surface area (Å²) in [4.78, 5) is 13.9. The van der Waals surface area contributed by atoms with Crippen LogP contribution in [-0.4, -0.2) is 69.5 Å². The molecule has 1 aliphatic heterocycles. The lowest BCUT2D eigenvalue weighted by Crippen LogP contribution is -2.53. The third kappa shape index (κ3) is 4.59. The number of rotatable bonds is 6. The van der Waals surface area contributed by atoms with Gasteiger partial charge in [-0.25, -0.2) is 0 Å². The Morgan fingerprint density at radius 1 is 1.71 bits per heavy atom. The molecule has 6 nitrogen and oxygen atoms in total. The average molecular weight is 245 g/mol. The molecule has 0 spiro atoms. The largest absolute Gasteiger partial charge is 0.383 e. The van der Waals surface area contributed by atoms with Gasteiger partial charge in [0.15, 0.2) is 0 Å². The summed E-state index contributed by atoms with van der Waals surface area (Å²) in [5.41, 5.74) is 5.57. The van der Waals surface area contributed by atoms with Gasteiger partial charge in [-0.05, 0) is 6.92 Å². The average Bonchev–Trinajstić information content (AvgIpc) is 2.38. The number of carbonyl (C=O) groups is 1. The van der Waals surface area contributed by atoms with E-state index in [1.54, 1.807) is 7.11 Å². The van der Waals surface area contributed by atoms with Crippen molar-refractivity contribution in [3.63, 3.8) is 0 Å². The fraction of sp³-hybridized carbons (Fsp3) is 0.909. The first-order valence-electron chi connectivity index (χ1n) is 6.01. The van der Waals surface area contributed by atoms with E-state index >= 15 is 0 Å². The maximum atomic E-state index is 11.8. The lowest BCUT2D eigenvalue weighted by atomic mass is 10.2. The Bertz CT molecular complexity index is 238. The summed E-state index contributed by atoms with van der Waals surface area (Å²) in [6, 6.07) is -0.148. The van der Waals surface area contributed by atoms with E-state index in [0.29, 0.717) is 26.3 Å². The smallest absolute Gasteiger partial charge is 0.237 e.